The number of rotatable bonds is 14. The molecular weight excluding hydrogens is 554 g/mol. The van der Waals surface area contributed by atoms with Crippen LogP contribution in [0.15, 0.2) is 48.5 Å². The minimum absolute atomic E-state index is 0.00119. The molecule has 3 amide bonds. The topological polar surface area (TPSA) is 99.2 Å². The number of ether oxygens (including phenoxy) is 1. The van der Waals surface area contributed by atoms with Crippen molar-refractivity contribution in [3.8, 4) is 0 Å². The van der Waals surface area contributed by atoms with Gasteiger partial charge in [0.15, 0.2) is 0 Å². The Morgan fingerprint density at radius 2 is 1.64 bits per heavy atom. The van der Waals surface area contributed by atoms with Gasteiger partial charge >= 0.3 is 0 Å². The highest BCUT2D eigenvalue weighted by Crippen LogP contribution is 2.33. The van der Waals surface area contributed by atoms with Crippen molar-refractivity contribution in [1.29, 1.82) is 0 Å². The average Bonchev–Trinajstić information content (AvgIpc) is 3.41. The number of fused-ring (bicyclic) bond motifs is 2. The Morgan fingerprint density at radius 3 is 2.43 bits per heavy atom. The maximum atomic E-state index is 13.4. The van der Waals surface area contributed by atoms with Crippen LogP contribution in [0.3, 0.4) is 0 Å². The molecule has 0 bridgehead atoms. The molecule has 4 rings (SSSR count). The predicted octanol–water partition coefficient (Wildman–Crippen LogP) is 5.72. The Bertz CT molecular complexity index is 1310. The lowest BCUT2D eigenvalue weighted by Crippen LogP contribution is -2.38. The highest BCUT2D eigenvalue weighted by molar-refractivity contribution is 5.98. The van der Waals surface area contributed by atoms with Gasteiger partial charge in [-0.25, -0.2) is 0 Å². The number of likely N-dealkylation sites (tertiary alicyclic amines) is 1. The van der Waals surface area contributed by atoms with E-state index in [1.807, 2.05) is 55.1 Å². The lowest BCUT2D eigenvalue weighted by Gasteiger charge is -2.28. The number of hydrogen-bond donors (Lipinski definition) is 2. The molecule has 0 aliphatic carbocycles. The van der Waals surface area contributed by atoms with Crippen LogP contribution in [0.4, 0.5) is 5.69 Å². The number of unbranched alkanes of at least 4 members (excludes halogenated alkanes) is 3. The van der Waals surface area contributed by atoms with Crippen molar-refractivity contribution >= 4 is 35.1 Å². The molecule has 8 nitrogen and oxygen atoms in total. The number of anilines is 1. The van der Waals surface area contributed by atoms with E-state index in [4.69, 9.17) is 4.74 Å². The molecule has 0 spiro atoms. The number of para-hydroxylation sites is 1. The van der Waals surface area contributed by atoms with Crippen molar-refractivity contribution < 1.29 is 24.2 Å². The van der Waals surface area contributed by atoms with Gasteiger partial charge in [-0.2, -0.15) is 0 Å². The predicted molar refractivity (Wildman–Crippen MR) is 175 cm³/mol. The lowest BCUT2D eigenvalue weighted by atomic mass is 9.95. The molecule has 1 saturated heterocycles. The Kier molecular flexibility index (Phi) is 12.6. The van der Waals surface area contributed by atoms with Crippen LogP contribution in [0, 0.1) is 0 Å². The number of nitrogens with zero attached hydrogens (tertiary/aromatic N) is 2. The summed E-state index contributed by atoms with van der Waals surface area (Å²) in [6, 6.07) is 16.1. The molecule has 2 aromatic rings. The van der Waals surface area contributed by atoms with E-state index in [9.17, 15) is 19.5 Å². The van der Waals surface area contributed by atoms with Gasteiger partial charge in [-0.3, -0.25) is 14.4 Å². The molecule has 2 atom stereocenters. The van der Waals surface area contributed by atoms with Crippen molar-refractivity contribution in [1.82, 2.24) is 10.2 Å². The molecule has 0 unspecified atom stereocenters. The van der Waals surface area contributed by atoms with E-state index in [-0.39, 0.29) is 42.6 Å². The van der Waals surface area contributed by atoms with Crippen molar-refractivity contribution in [2.45, 2.75) is 103 Å². The third-order valence-corrected chi connectivity index (χ3v) is 8.48. The number of aliphatic hydroxyl groups excluding tert-OH is 1. The molecule has 0 saturated carbocycles. The van der Waals surface area contributed by atoms with E-state index in [1.165, 1.54) is 5.57 Å². The highest BCUT2D eigenvalue weighted by atomic mass is 16.5. The zero-order valence-electron chi connectivity index (χ0n) is 26.6. The molecule has 2 heterocycles. The molecule has 2 aliphatic rings. The fourth-order valence-corrected chi connectivity index (χ4v) is 6.26. The third kappa shape index (κ3) is 9.26. The Balaban J connectivity index is 1.13. The van der Waals surface area contributed by atoms with Crippen LogP contribution in [0.25, 0.3) is 11.6 Å². The summed E-state index contributed by atoms with van der Waals surface area (Å²) in [5.41, 5.74) is 5.43. The standard InChI is InChI=1S/C36H49N3O5/c1-26(2)44-31-22-30(25-40)38(24-31)35(42)18-5-4-12-20-37-34(41)17-10-11-19-36(43)39-23-29-14-6-8-15-32(29)27(3)21-28-13-7-9-16-33(28)39/h6-9,13-16,21,26,30-31,40H,4-5,10-12,17-20,22-25H2,1-3H3,(H,37,41)/b27-21-/t30-,31+/m0/s1. The SMILES string of the molecule is C/C1=C/c2ccccc2N(C(=O)CCCCC(=O)NCCCCCC(=O)N2C[C@H](OC(C)C)C[C@H]2CO)Cc2ccccc21. The first-order valence-electron chi connectivity index (χ1n) is 16.2. The molecule has 0 aromatic heterocycles. The minimum atomic E-state index is -0.163. The zero-order chi connectivity index (χ0) is 31.5. The summed E-state index contributed by atoms with van der Waals surface area (Å²) in [7, 11) is 0. The fourth-order valence-electron chi connectivity index (χ4n) is 6.26. The number of aliphatic hydroxyl groups is 1. The number of hydrogen-bond acceptors (Lipinski definition) is 5. The van der Waals surface area contributed by atoms with Gasteiger partial charge in [-0.1, -0.05) is 48.9 Å². The maximum absolute atomic E-state index is 13.4. The van der Waals surface area contributed by atoms with Crippen LogP contribution in [0.2, 0.25) is 0 Å². The summed E-state index contributed by atoms with van der Waals surface area (Å²) in [6.07, 6.45) is 7.84. The van der Waals surface area contributed by atoms with Gasteiger partial charge in [-0.05, 0) is 87.3 Å². The first-order chi connectivity index (χ1) is 21.3. The first kappa shape index (κ1) is 33.4. The molecule has 0 radical (unpaired) electrons. The summed E-state index contributed by atoms with van der Waals surface area (Å²) >= 11 is 0. The van der Waals surface area contributed by atoms with E-state index in [0.29, 0.717) is 58.2 Å². The van der Waals surface area contributed by atoms with Crippen LogP contribution < -0.4 is 10.2 Å². The third-order valence-electron chi connectivity index (χ3n) is 8.48. The second-order valence-electron chi connectivity index (χ2n) is 12.3. The molecule has 2 aromatic carbocycles. The summed E-state index contributed by atoms with van der Waals surface area (Å²) in [4.78, 5) is 42.2. The van der Waals surface area contributed by atoms with Crippen LogP contribution in [0.5, 0.6) is 0 Å². The average molecular weight is 604 g/mol. The minimum Gasteiger partial charge on any atom is -0.394 e. The fraction of sp³-hybridized carbons (Fsp3) is 0.528. The highest BCUT2D eigenvalue weighted by Gasteiger charge is 2.35. The first-order valence-corrected chi connectivity index (χ1v) is 16.2. The molecule has 2 aliphatic heterocycles. The van der Waals surface area contributed by atoms with Gasteiger partial charge in [0.1, 0.15) is 0 Å². The molecule has 2 N–H and O–H groups in total. The number of allylic oxidation sites excluding steroid dienone is 1. The number of nitrogens with one attached hydrogen (secondary N) is 1. The number of benzene rings is 2. The van der Waals surface area contributed by atoms with Gasteiger partial charge in [0.2, 0.25) is 17.7 Å². The molecular formula is C36H49N3O5. The second-order valence-corrected chi connectivity index (χ2v) is 12.3. The van der Waals surface area contributed by atoms with Crippen LogP contribution in [-0.2, 0) is 25.7 Å². The molecule has 1 fully saturated rings. The van der Waals surface area contributed by atoms with E-state index in [2.05, 4.69) is 30.4 Å². The number of amides is 3. The van der Waals surface area contributed by atoms with Gasteiger partial charge in [0.05, 0.1) is 37.1 Å². The lowest BCUT2D eigenvalue weighted by molar-refractivity contribution is -0.133. The van der Waals surface area contributed by atoms with Gasteiger partial charge < -0.3 is 25.0 Å². The molecule has 238 valence electrons. The Hall–Kier alpha value is -3.49. The quantitative estimate of drug-likeness (QED) is 0.269. The van der Waals surface area contributed by atoms with E-state index in [0.717, 1.165) is 41.6 Å². The van der Waals surface area contributed by atoms with Crippen molar-refractivity contribution in [2.75, 3.05) is 24.6 Å². The summed E-state index contributed by atoms with van der Waals surface area (Å²) in [6.45, 7) is 7.68. The number of carbonyl (C=O) groups is 3. The Labute approximate surface area is 262 Å². The van der Waals surface area contributed by atoms with Gasteiger partial charge in [0.25, 0.3) is 0 Å². The molecule has 8 heteroatoms. The summed E-state index contributed by atoms with van der Waals surface area (Å²) in [5, 5.41) is 12.7. The van der Waals surface area contributed by atoms with Crippen molar-refractivity contribution in [2.24, 2.45) is 0 Å². The smallest absolute Gasteiger partial charge is 0.227 e. The monoisotopic (exact) mass is 603 g/mol. The molecule has 44 heavy (non-hydrogen) atoms. The van der Waals surface area contributed by atoms with E-state index in [1.54, 1.807) is 4.90 Å². The zero-order valence-corrected chi connectivity index (χ0v) is 26.6. The largest absolute Gasteiger partial charge is 0.394 e. The summed E-state index contributed by atoms with van der Waals surface area (Å²) < 4.78 is 5.85. The van der Waals surface area contributed by atoms with Gasteiger partial charge in [0, 0.05) is 32.4 Å². The number of carbonyl (C=O) groups excluding carboxylic acids is 3. The Morgan fingerprint density at radius 1 is 0.932 bits per heavy atom. The van der Waals surface area contributed by atoms with Crippen molar-refractivity contribution in [3.63, 3.8) is 0 Å². The summed E-state index contributed by atoms with van der Waals surface area (Å²) in [5.74, 6) is 0.128. The van der Waals surface area contributed by atoms with E-state index >= 15 is 0 Å². The second kappa shape index (κ2) is 16.5. The van der Waals surface area contributed by atoms with E-state index < -0.39 is 0 Å². The van der Waals surface area contributed by atoms with Crippen LogP contribution in [0.1, 0.15) is 95.2 Å². The van der Waals surface area contributed by atoms with Crippen molar-refractivity contribution in [3.05, 3.63) is 65.2 Å². The normalized spacial score (nSPS) is 19.1. The van der Waals surface area contributed by atoms with Gasteiger partial charge in [-0.15, -0.1) is 0 Å². The van der Waals surface area contributed by atoms with Crippen LogP contribution >= 0.6 is 0 Å². The van der Waals surface area contributed by atoms with Crippen LogP contribution in [-0.4, -0.2) is 65.7 Å². The maximum Gasteiger partial charge on any atom is 0.227 e.